The van der Waals surface area contributed by atoms with E-state index in [2.05, 4.69) is 15.3 Å². The summed E-state index contributed by atoms with van der Waals surface area (Å²) in [5, 5.41) is 5.14. The zero-order chi connectivity index (χ0) is 22.8. The number of carbonyl (C=O) groups is 2. The molecule has 0 saturated carbocycles. The first-order chi connectivity index (χ1) is 16.1. The third kappa shape index (κ3) is 4.58. The monoisotopic (exact) mass is 461 g/mol. The number of hydrogen-bond donors (Lipinski definition) is 1. The van der Waals surface area contributed by atoms with Crippen molar-refractivity contribution in [3.63, 3.8) is 0 Å². The Balaban J connectivity index is 1.26. The molecule has 33 heavy (non-hydrogen) atoms. The fourth-order valence-electron chi connectivity index (χ4n) is 4.02. The van der Waals surface area contributed by atoms with Gasteiger partial charge in [-0.05, 0) is 49.6 Å². The van der Waals surface area contributed by atoms with Crippen molar-refractivity contribution in [3.8, 4) is 5.75 Å². The fraction of sp³-hybridized carbons (Fsp3) is 0.250. The van der Waals surface area contributed by atoms with Crippen LogP contribution in [0.1, 0.15) is 34.5 Å². The maximum absolute atomic E-state index is 13.2. The van der Waals surface area contributed by atoms with Gasteiger partial charge in [0.15, 0.2) is 5.13 Å². The minimum absolute atomic E-state index is 0.180. The van der Waals surface area contributed by atoms with Gasteiger partial charge in [-0.2, -0.15) is 0 Å². The maximum Gasteiger partial charge on any atom is 0.254 e. The average molecular weight is 462 g/mol. The summed E-state index contributed by atoms with van der Waals surface area (Å²) >= 11 is 1.35. The summed E-state index contributed by atoms with van der Waals surface area (Å²) in [6.07, 6.45) is 7.00. The Kier molecular flexibility index (Phi) is 5.78. The number of rotatable bonds is 6. The number of carbonyl (C=O) groups excluding carboxylic acids is 2. The minimum atomic E-state index is -0.507. The predicted molar refractivity (Wildman–Crippen MR) is 126 cm³/mol. The molecule has 1 fully saturated rings. The van der Waals surface area contributed by atoms with Crippen LogP contribution in [-0.4, -0.2) is 43.7 Å². The van der Waals surface area contributed by atoms with E-state index in [9.17, 15) is 9.59 Å². The minimum Gasteiger partial charge on any atom is -0.487 e. The van der Waals surface area contributed by atoms with Gasteiger partial charge in [-0.15, -0.1) is 11.3 Å². The van der Waals surface area contributed by atoms with E-state index in [1.54, 1.807) is 34.7 Å². The lowest BCUT2D eigenvalue weighted by Crippen LogP contribution is -2.43. The molecule has 1 aliphatic rings. The van der Waals surface area contributed by atoms with Gasteiger partial charge < -0.3 is 19.4 Å². The van der Waals surface area contributed by atoms with E-state index < -0.39 is 6.04 Å². The molecule has 0 bridgehead atoms. The molecular formula is C24H23N5O3S. The van der Waals surface area contributed by atoms with Gasteiger partial charge in [0.05, 0.1) is 5.69 Å². The summed E-state index contributed by atoms with van der Waals surface area (Å²) in [5.74, 6) is 0.197. The van der Waals surface area contributed by atoms with Crippen molar-refractivity contribution in [2.45, 2.75) is 32.4 Å². The van der Waals surface area contributed by atoms with Gasteiger partial charge >= 0.3 is 0 Å². The summed E-state index contributed by atoms with van der Waals surface area (Å²) < 4.78 is 7.89. The summed E-state index contributed by atoms with van der Waals surface area (Å²) in [4.78, 5) is 36.2. The number of imidazole rings is 1. The Bertz CT molecular complexity index is 1300. The van der Waals surface area contributed by atoms with Crippen molar-refractivity contribution in [2.75, 3.05) is 11.9 Å². The van der Waals surface area contributed by atoms with Crippen molar-refractivity contribution in [1.82, 2.24) is 19.3 Å². The smallest absolute Gasteiger partial charge is 0.254 e. The molecular weight excluding hydrogens is 438 g/mol. The number of likely N-dealkylation sites (tertiary alicyclic amines) is 1. The van der Waals surface area contributed by atoms with E-state index >= 15 is 0 Å². The summed E-state index contributed by atoms with van der Waals surface area (Å²) in [7, 11) is 0. The van der Waals surface area contributed by atoms with Crippen molar-refractivity contribution in [3.05, 3.63) is 77.2 Å². The second-order valence-corrected chi connectivity index (χ2v) is 8.90. The first kappa shape index (κ1) is 21.1. The zero-order valence-electron chi connectivity index (χ0n) is 18.1. The number of anilines is 1. The number of pyridine rings is 1. The van der Waals surface area contributed by atoms with Gasteiger partial charge in [0, 0.05) is 36.1 Å². The first-order valence-corrected chi connectivity index (χ1v) is 11.6. The maximum atomic E-state index is 13.2. The molecule has 1 unspecified atom stereocenters. The average Bonchev–Trinajstić information content (AvgIpc) is 3.57. The van der Waals surface area contributed by atoms with Crippen LogP contribution in [0.5, 0.6) is 5.75 Å². The molecule has 9 heteroatoms. The number of benzene rings is 1. The highest BCUT2D eigenvalue weighted by Crippen LogP contribution is 2.24. The molecule has 0 radical (unpaired) electrons. The number of nitrogens with zero attached hydrogens (tertiary/aromatic N) is 4. The molecule has 1 atom stereocenters. The highest BCUT2D eigenvalue weighted by Gasteiger charge is 2.35. The largest absolute Gasteiger partial charge is 0.487 e. The lowest BCUT2D eigenvalue weighted by Gasteiger charge is -2.23. The number of fused-ring (bicyclic) bond motifs is 1. The normalized spacial score (nSPS) is 15.7. The summed E-state index contributed by atoms with van der Waals surface area (Å²) in [6, 6.07) is 10.5. The number of aromatic nitrogens is 3. The standard InChI is InChI=1S/C24H23N5O3S/c1-16-7-8-21-26-18(14-28(21)13-16)15-32-19-5-2-4-17(12-19)23(31)29-10-3-6-20(29)22(30)27-24-25-9-11-33-24/h2,4-5,7-9,11-14,20H,3,6,10,15H2,1H3,(H,25,27,30). The van der Waals surface area contributed by atoms with E-state index in [0.717, 1.165) is 23.3 Å². The van der Waals surface area contributed by atoms with E-state index in [4.69, 9.17) is 4.74 Å². The molecule has 2 amide bonds. The third-order valence-corrected chi connectivity index (χ3v) is 6.28. The van der Waals surface area contributed by atoms with Gasteiger partial charge in [-0.3, -0.25) is 9.59 Å². The third-order valence-electron chi connectivity index (χ3n) is 5.60. The summed E-state index contributed by atoms with van der Waals surface area (Å²) in [6.45, 7) is 2.87. The molecule has 8 nitrogen and oxygen atoms in total. The number of thiazole rings is 1. The lowest BCUT2D eigenvalue weighted by molar-refractivity contribution is -0.119. The first-order valence-electron chi connectivity index (χ1n) is 10.8. The molecule has 5 rings (SSSR count). The number of ether oxygens (including phenoxy) is 1. The molecule has 1 aromatic carbocycles. The van der Waals surface area contributed by atoms with Crippen LogP contribution in [0.25, 0.3) is 5.65 Å². The van der Waals surface area contributed by atoms with Crippen molar-refractivity contribution in [2.24, 2.45) is 0 Å². The lowest BCUT2D eigenvalue weighted by atomic mass is 10.1. The van der Waals surface area contributed by atoms with Crippen LogP contribution in [0.2, 0.25) is 0 Å². The van der Waals surface area contributed by atoms with Crippen LogP contribution >= 0.6 is 11.3 Å². The summed E-state index contributed by atoms with van der Waals surface area (Å²) in [5.41, 5.74) is 3.31. The van der Waals surface area contributed by atoms with Crippen LogP contribution in [0, 0.1) is 6.92 Å². The molecule has 1 N–H and O–H groups in total. The Labute approximate surface area is 194 Å². The van der Waals surface area contributed by atoms with Crippen molar-refractivity contribution in [1.29, 1.82) is 0 Å². The van der Waals surface area contributed by atoms with Gasteiger partial charge in [0.25, 0.3) is 5.91 Å². The van der Waals surface area contributed by atoms with Gasteiger partial charge in [0.2, 0.25) is 5.91 Å². The Morgan fingerprint density at radius 2 is 2.15 bits per heavy atom. The molecule has 0 aliphatic carbocycles. The Morgan fingerprint density at radius 3 is 3.00 bits per heavy atom. The van der Waals surface area contributed by atoms with Gasteiger partial charge in [0.1, 0.15) is 24.0 Å². The zero-order valence-corrected chi connectivity index (χ0v) is 18.9. The second kappa shape index (κ2) is 9.03. The van der Waals surface area contributed by atoms with E-state index in [1.807, 2.05) is 41.9 Å². The Hall–Kier alpha value is -3.72. The SMILES string of the molecule is Cc1ccc2nc(COc3cccc(C(=O)N4CCCC4C(=O)Nc4nccs4)c3)cn2c1. The van der Waals surface area contributed by atoms with Crippen LogP contribution in [0.15, 0.2) is 60.4 Å². The molecule has 1 aliphatic heterocycles. The fourth-order valence-corrected chi connectivity index (χ4v) is 4.56. The number of nitrogens with one attached hydrogen (secondary N) is 1. The van der Waals surface area contributed by atoms with Gasteiger partial charge in [-0.25, -0.2) is 9.97 Å². The van der Waals surface area contributed by atoms with Crippen molar-refractivity contribution >= 4 is 33.9 Å². The highest BCUT2D eigenvalue weighted by atomic mass is 32.1. The molecule has 4 aromatic rings. The van der Waals surface area contributed by atoms with Crippen molar-refractivity contribution < 1.29 is 14.3 Å². The van der Waals surface area contributed by atoms with E-state index in [1.165, 1.54) is 11.3 Å². The number of amides is 2. The quantitative estimate of drug-likeness (QED) is 0.470. The molecule has 168 valence electrons. The van der Waals surface area contributed by atoms with Crippen LogP contribution < -0.4 is 10.1 Å². The topological polar surface area (TPSA) is 88.8 Å². The predicted octanol–water partition coefficient (Wildman–Crippen LogP) is 3.92. The van der Waals surface area contributed by atoms with E-state index in [-0.39, 0.29) is 11.8 Å². The van der Waals surface area contributed by atoms with Gasteiger partial charge in [-0.1, -0.05) is 12.1 Å². The number of aryl methyl sites for hydroxylation is 1. The highest BCUT2D eigenvalue weighted by molar-refractivity contribution is 7.13. The van der Waals surface area contributed by atoms with E-state index in [0.29, 0.717) is 36.0 Å². The van der Waals surface area contributed by atoms with Crippen LogP contribution in [0.4, 0.5) is 5.13 Å². The molecule has 1 saturated heterocycles. The Morgan fingerprint density at radius 1 is 1.24 bits per heavy atom. The molecule has 3 aromatic heterocycles. The number of hydrogen-bond acceptors (Lipinski definition) is 6. The second-order valence-electron chi connectivity index (χ2n) is 8.00. The van der Waals surface area contributed by atoms with Crippen LogP contribution in [-0.2, 0) is 11.4 Å². The molecule has 0 spiro atoms. The molecule has 4 heterocycles. The van der Waals surface area contributed by atoms with Crippen LogP contribution in [0.3, 0.4) is 0 Å².